The number of hydrogen-bond donors (Lipinski definition) is 1. The molecule has 1 unspecified atom stereocenters. The summed E-state index contributed by atoms with van der Waals surface area (Å²) >= 11 is 7.37. The first-order valence-corrected chi connectivity index (χ1v) is 6.30. The number of thioether (sulfide) groups is 1. The van der Waals surface area contributed by atoms with Gasteiger partial charge in [-0.05, 0) is 19.1 Å². The maximum Gasteiger partial charge on any atom is 0.273 e. The van der Waals surface area contributed by atoms with Crippen LogP contribution in [0.25, 0.3) is 0 Å². The highest BCUT2D eigenvalue weighted by molar-refractivity contribution is 7.98. The highest BCUT2D eigenvalue weighted by Gasteiger charge is 2.13. The van der Waals surface area contributed by atoms with E-state index in [9.17, 15) is 10.1 Å². The molecule has 0 spiro atoms. The number of nitrogens with zero attached hydrogens (tertiary/aromatic N) is 1. The number of nitro benzene ring substituents is 1. The molecule has 0 fully saturated rings. The van der Waals surface area contributed by atoms with E-state index in [2.05, 4.69) is 0 Å². The number of benzene rings is 1. The monoisotopic (exact) mass is 260 g/mol. The molecular weight excluding hydrogens is 248 g/mol. The molecule has 0 bridgehead atoms. The molecule has 0 saturated carbocycles. The molecule has 2 N–H and O–H groups in total. The van der Waals surface area contributed by atoms with Crippen LogP contribution < -0.4 is 5.73 Å². The van der Waals surface area contributed by atoms with Crippen LogP contribution >= 0.6 is 23.4 Å². The van der Waals surface area contributed by atoms with E-state index < -0.39 is 4.92 Å². The Bertz CT molecular complexity index is 385. The Morgan fingerprint density at radius 1 is 1.62 bits per heavy atom. The van der Waals surface area contributed by atoms with Gasteiger partial charge in [0.25, 0.3) is 5.69 Å². The van der Waals surface area contributed by atoms with E-state index in [1.165, 1.54) is 12.1 Å². The average molecular weight is 261 g/mol. The SMILES string of the molecule is CC(N)CSCc1cc(Cl)ccc1[N+](=O)[O-]. The average Bonchev–Trinajstić information content (AvgIpc) is 2.16. The molecule has 1 rings (SSSR count). The van der Waals surface area contributed by atoms with Gasteiger partial charge in [-0.15, -0.1) is 0 Å². The molecule has 0 aliphatic carbocycles. The van der Waals surface area contributed by atoms with Crippen LogP contribution in [0.1, 0.15) is 12.5 Å². The van der Waals surface area contributed by atoms with Crippen molar-refractivity contribution >= 4 is 29.1 Å². The maximum atomic E-state index is 10.8. The fraction of sp³-hybridized carbons (Fsp3) is 0.400. The number of rotatable bonds is 5. The Labute approximate surface area is 103 Å². The van der Waals surface area contributed by atoms with Crippen molar-refractivity contribution in [1.82, 2.24) is 0 Å². The Hall–Kier alpha value is -0.780. The van der Waals surface area contributed by atoms with Gasteiger partial charge in [-0.2, -0.15) is 11.8 Å². The number of nitrogens with two attached hydrogens (primary N) is 1. The summed E-state index contributed by atoms with van der Waals surface area (Å²) in [6, 6.07) is 4.68. The summed E-state index contributed by atoms with van der Waals surface area (Å²) in [7, 11) is 0. The lowest BCUT2D eigenvalue weighted by atomic mass is 10.2. The van der Waals surface area contributed by atoms with Gasteiger partial charge in [-0.25, -0.2) is 0 Å². The normalized spacial score (nSPS) is 12.4. The molecule has 0 radical (unpaired) electrons. The largest absolute Gasteiger partial charge is 0.327 e. The predicted molar refractivity (Wildman–Crippen MR) is 67.9 cm³/mol. The second-order valence-corrected chi connectivity index (χ2v) is 4.99. The van der Waals surface area contributed by atoms with Crippen LogP contribution in [0.15, 0.2) is 18.2 Å². The van der Waals surface area contributed by atoms with E-state index in [0.29, 0.717) is 16.3 Å². The Kier molecular flexibility index (Phi) is 5.05. The molecule has 1 atom stereocenters. The van der Waals surface area contributed by atoms with Gasteiger partial charge in [-0.3, -0.25) is 10.1 Å². The van der Waals surface area contributed by atoms with Gasteiger partial charge in [0.2, 0.25) is 0 Å². The van der Waals surface area contributed by atoms with Crippen LogP contribution in [-0.2, 0) is 5.75 Å². The van der Waals surface area contributed by atoms with Gasteiger partial charge in [0.15, 0.2) is 0 Å². The molecule has 0 aromatic heterocycles. The van der Waals surface area contributed by atoms with Crippen molar-refractivity contribution in [2.45, 2.75) is 18.7 Å². The van der Waals surface area contributed by atoms with Gasteiger partial charge in [0.05, 0.1) is 4.92 Å². The van der Waals surface area contributed by atoms with Crippen molar-refractivity contribution in [2.24, 2.45) is 5.73 Å². The third-order valence-corrected chi connectivity index (χ3v) is 3.39. The predicted octanol–water partition coefficient (Wildman–Crippen LogP) is 2.83. The summed E-state index contributed by atoms with van der Waals surface area (Å²) in [5.74, 6) is 1.32. The van der Waals surface area contributed by atoms with Crippen molar-refractivity contribution in [2.75, 3.05) is 5.75 Å². The van der Waals surface area contributed by atoms with Crippen LogP contribution in [0.2, 0.25) is 5.02 Å². The first-order valence-electron chi connectivity index (χ1n) is 4.77. The molecular formula is C10H13ClN2O2S. The Morgan fingerprint density at radius 3 is 2.88 bits per heavy atom. The van der Waals surface area contributed by atoms with E-state index in [-0.39, 0.29) is 11.7 Å². The van der Waals surface area contributed by atoms with Crippen LogP contribution in [-0.4, -0.2) is 16.7 Å². The molecule has 1 aromatic rings. The molecule has 6 heteroatoms. The zero-order valence-electron chi connectivity index (χ0n) is 8.85. The minimum absolute atomic E-state index is 0.0863. The molecule has 4 nitrogen and oxygen atoms in total. The second-order valence-electron chi connectivity index (χ2n) is 3.52. The molecule has 88 valence electrons. The number of hydrogen-bond acceptors (Lipinski definition) is 4. The van der Waals surface area contributed by atoms with Gasteiger partial charge in [0, 0.05) is 34.2 Å². The lowest BCUT2D eigenvalue weighted by molar-refractivity contribution is -0.385. The third kappa shape index (κ3) is 4.00. The van der Waals surface area contributed by atoms with Crippen molar-refractivity contribution in [1.29, 1.82) is 0 Å². The molecule has 0 heterocycles. The van der Waals surface area contributed by atoms with Crippen molar-refractivity contribution in [3.8, 4) is 0 Å². The van der Waals surface area contributed by atoms with E-state index in [1.807, 2.05) is 6.92 Å². The molecule has 16 heavy (non-hydrogen) atoms. The molecule has 0 saturated heterocycles. The van der Waals surface area contributed by atoms with Crippen molar-refractivity contribution < 1.29 is 4.92 Å². The summed E-state index contributed by atoms with van der Waals surface area (Å²) in [6.07, 6.45) is 0. The topological polar surface area (TPSA) is 69.2 Å². The number of nitro groups is 1. The lowest BCUT2D eigenvalue weighted by Crippen LogP contribution is -2.17. The van der Waals surface area contributed by atoms with Gasteiger partial charge >= 0.3 is 0 Å². The van der Waals surface area contributed by atoms with Crippen molar-refractivity contribution in [3.05, 3.63) is 38.9 Å². The maximum absolute atomic E-state index is 10.8. The molecule has 0 amide bonds. The van der Waals surface area contributed by atoms with Gasteiger partial charge < -0.3 is 5.73 Å². The van der Waals surface area contributed by atoms with Crippen LogP contribution in [0, 0.1) is 10.1 Å². The van der Waals surface area contributed by atoms with Gasteiger partial charge in [0.1, 0.15) is 0 Å². The fourth-order valence-corrected chi connectivity index (χ4v) is 2.34. The third-order valence-electron chi connectivity index (χ3n) is 1.88. The highest BCUT2D eigenvalue weighted by Crippen LogP contribution is 2.26. The molecule has 0 aliphatic rings. The quantitative estimate of drug-likeness (QED) is 0.653. The second kappa shape index (κ2) is 6.08. The summed E-state index contributed by atoms with van der Waals surface area (Å²) in [6.45, 7) is 1.90. The van der Waals surface area contributed by atoms with Crippen LogP contribution in [0.4, 0.5) is 5.69 Å². The minimum Gasteiger partial charge on any atom is -0.327 e. The van der Waals surface area contributed by atoms with E-state index >= 15 is 0 Å². The zero-order chi connectivity index (χ0) is 12.1. The van der Waals surface area contributed by atoms with E-state index in [1.54, 1.807) is 17.8 Å². The zero-order valence-corrected chi connectivity index (χ0v) is 10.4. The molecule has 1 aromatic carbocycles. The fourth-order valence-electron chi connectivity index (χ4n) is 1.20. The summed E-state index contributed by atoms with van der Waals surface area (Å²) in [4.78, 5) is 10.4. The van der Waals surface area contributed by atoms with Gasteiger partial charge in [-0.1, -0.05) is 11.6 Å². The standard InChI is InChI=1S/C10H13ClN2O2S/c1-7(12)5-16-6-8-4-9(11)2-3-10(8)13(14)15/h2-4,7H,5-6,12H2,1H3. The smallest absolute Gasteiger partial charge is 0.273 e. The summed E-state index contributed by atoms with van der Waals surface area (Å²) < 4.78 is 0. The van der Waals surface area contributed by atoms with Crippen molar-refractivity contribution in [3.63, 3.8) is 0 Å². The summed E-state index contributed by atoms with van der Waals surface area (Å²) in [5, 5.41) is 11.3. The lowest BCUT2D eigenvalue weighted by Gasteiger charge is -2.05. The van der Waals surface area contributed by atoms with E-state index in [0.717, 1.165) is 5.75 Å². The molecule has 0 aliphatic heterocycles. The van der Waals surface area contributed by atoms with E-state index in [4.69, 9.17) is 17.3 Å². The Morgan fingerprint density at radius 2 is 2.31 bits per heavy atom. The Balaban J connectivity index is 2.76. The summed E-state index contributed by atoms with van der Waals surface area (Å²) in [5.41, 5.74) is 6.36. The first-order chi connectivity index (χ1) is 7.50. The van der Waals surface area contributed by atoms with Crippen LogP contribution in [0.3, 0.4) is 0 Å². The highest BCUT2D eigenvalue weighted by atomic mass is 35.5. The minimum atomic E-state index is -0.391. The first kappa shape index (κ1) is 13.3. The van der Waals surface area contributed by atoms with Crippen LogP contribution in [0.5, 0.6) is 0 Å². The number of halogens is 1.